The maximum atomic E-state index is 12.4. The third-order valence-corrected chi connectivity index (χ3v) is 9.26. The summed E-state index contributed by atoms with van der Waals surface area (Å²) in [6.45, 7) is 0. The largest absolute Gasteiger partial charge is 0.505 e. The van der Waals surface area contributed by atoms with E-state index in [1.807, 2.05) is 0 Å². The van der Waals surface area contributed by atoms with Crippen molar-refractivity contribution in [1.29, 1.82) is 0 Å². The van der Waals surface area contributed by atoms with Gasteiger partial charge in [0.05, 0.1) is 10.8 Å². The zero-order chi connectivity index (χ0) is 30.2. The van der Waals surface area contributed by atoms with Gasteiger partial charge in [-0.2, -0.15) is 33.7 Å². The van der Waals surface area contributed by atoms with Crippen molar-refractivity contribution in [3.8, 4) is 11.5 Å². The molecule has 40 heavy (non-hydrogen) atoms. The Bertz CT molecular complexity index is 2080. The van der Waals surface area contributed by atoms with Crippen LogP contribution in [0.25, 0.3) is 27.1 Å². The molecule has 0 bridgehead atoms. The normalized spacial score (nSPS) is 13.1. The van der Waals surface area contributed by atoms with Crippen molar-refractivity contribution >= 4 is 73.4 Å². The van der Waals surface area contributed by atoms with Crippen molar-refractivity contribution in [3.63, 3.8) is 0 Å². The van der Waals surface area contributed by atoms with Crippen LogP contribution in [0.2, 0.25) is 0 Å². The van der Waals surface area contributed by atoms with Crippen molar-refractivity contribution in [2.45, 2.75) is 19.6 Å². The summed E-state index contributed by atoms with van der Waals surface area (Å²) in [5.74, 6) is -3.65. The third kappa shape index (κ3) is 4.65. The van der Waals surface area contributed by atoms with E-state index in [4.69, 9.17) is 0 Å². The molecule has 0 fully saturated rings. The molecule has 0 amide bonds. The van der Waals surface area contributed by atoms with Crippen LogP contribution in [-0.2, 0) is 40.5 Å². The minimum absolute atomic E-state index is 0.391. The van der Waals surface area contributed by atoms with Crippen LogP contribution in [0, 0.1) is 0 Å². The van der Waals surface area contributed by atoms with Gasteiger partial charge in [0.1, 0.15) is 9.79 Å². The second kappa shape index (κ2) is 9.14. The maximum Gasteiger partial charge on any atom is 0.304 e. The molecule has 0 radical (unpaired) electrons. The molecule has 16 nitrogen and oxygen atoms in total. The van der Waals surface area contributed by atoms with Gasteiger partial charge in [-0.3, -0.25) is 18.2 Å². The second-order valence-electron chi connectivity index (χ2n) is 8.01. The summed E-state index contributed by atoms with van der Waals surface area (Å²) in [4.78, 5) is -6.44. The molecule has 4 rings (SSSR count). The topological polar surface area (TPSA) is 283 Å². The van der Waals surface area contributed by atoms with Gasteiger partial charge < -0.3 is 15.7 Å². The second-order valence-corrected chi connectivity index (χ2v) is 13.4. The molecular weight excluding hydrogens is 620 g/mol. The molecule has 0 saturated carbocycles. The Hall–Kier alpha value is -3.76. The predicted molar refractivity (Wildman–Crippen MR) is 135 cm³/mol. The first kappa shape index (κ1) is 29.2. The van der Waals surface area contributed by atoms with E-state index < -0.39 is 109 Å². The Morgan fingerprint density at radius 1 is 0.475 bits per heavy atom. The fraction of sp³-hybridized carbons (Fsp3) is 0. The molecule has 6 N–H and O–H groups in total. The van der Waals surface area contributed by atoms with E-state index in [0.717, 1.165) is 48.5 Å². The van der Waals surface area contributed by atoms with Crippen LogP contribution in [0.15, 0.2) is 68.1 Å². The summed E-state index contributed by atoms with van der Waals surface area (Å²) in [7, 11) is -22.4. The van der Waals surface area contributed by atoms with E-state index in [9.17, 15) is 67.6 Å². The number of fused-ring (bicyclic) bond motifs is 2. The molecule has 4 aromatic carbocycles. The Labute approximate surface area is 224 Å². The zero-order valence-corrected chi connectivity index (χ0v) is 22.4. The Balaban J connectivity index is 2.39. The summed E-state index contributed by atoms with van der Waals surface area (Å²) in [6, 6.07) is 8.25. The highest BCUT2D eigenvalue weighted by atomic mass is 32.2. The molecule has 0 aliphatic carbocycles. The molecule has 0 aliphatic heterocycles. The Morgan fingerprint density at radius 3 is 0.975 bits per heavy atom. The average Bonchev–Trinajstić information content (AvgIpc) is 2.78. The van der Waals surface area contributed by atoms with E-state index in [-0.39, 0.29) is 0 Å². The van der Waals surface area contributed by atoms with E-state index in [0.29, 0.717) is 0 Å². The lowest BCUT2D eigenvalue weighted by Gasteiger charge is -2.19. The van der Waals surface area contributed by atoms with Crippen LogP contribution in [0.5, 0.6) is 11.5 Å². The summed E-state index contributed by atoms with van der Waals surface area (Å²) < 4.78 is 137. The van der Waals surface area contributed by atoms with Crippen LogP contribution in [0.3, 0.4) is 0 Å². The number of benzene rings is 4. The van der Waals surface area contributed by atoms with E-state index >= 15 is 0 Å². The highest BCUT2D eigenvalue weighted by Crippen LogP contribution is 2.50. The van der Waals surface area contributed by atoms with Crippen LogP contribution in [0.4, 0.5) is 11.4 Å². The molecule has 0 aromatic heterocycles. The third-order valence-electron chi connectivity index (χ3n) is 5.60. The van der Waals surface area contributed by atoms with Crippen LogP contribution < -0.4 is 4.70 Å². The van der Waals surface area contributed by atoms with Gasteiger partial charge in [-0.05, 0) is 12.1 Å². The number of phenols is 2. The molecule has 4 aromatic rings. The highest BCUT2D eigenvalue weighted by molar-refractivity contribution is 7.87. The summed E-state index contributed by atoms with van der Waals surface area (Å²) in [5, 5.41) is 18.6. The first-order valence-electron chi connectivity index (χ1n) is 10.1. The standard InChI is InChI=1S/C20H14N2O14S4/c21-22(13-9-5-1-3-7-11(9)17(37(25,26)27)15(23)19(13)39(31,32)33)14-10-6-2-4-8-12(10)18(38(28,29)30)16(24)20(14)40(34,35)36/h1-8,23-24H,(H,25,26,27)(H,28,29,30)(H,31,32,33)(H,34,35,36). The van der Waals surface area contributed by atoms with Gasteiger partial charge in [0.2, 0.25) is 21.2 Å². The molecule has 212 valence electrons. The van der Waals surface area contributed by atoms with Gasteiger partial charge in [0.15, 0.2) is 11.5 Å². The first-order valence-corrected chi connectivity index (χ1v) is 15.9. The van der Waals surface area contributed by atoms with Crippen molar-refractivity contribution in [1.82, 2.24) is 4.70 Å². The van der Waals surface area contributed by atoms with Crippen molar-refractivity contribution in [2.24, 2.45) is 0 Å². The molecule has 0 spiro atoms. The molecule has 0 heterocycles. The number of hydrogen-bond donors (Lipinski definition) is 6. The highest BCUT2D eigenvalue weighted by Gasteiger charge is 2.41. The molecule has 0 atom stereocenters. The monoisotopic (exact) mass is 634 g/mol. The first-order chi connectivity index (χ1) is 18.2. The summed E-state index contributed by atoms with van der Waals surface area (Å²) >= 11 is 0. The van der Waals surface area contributed by atoms with Gasteiger partial charge in [-0.25, -0.2) is 4.70 Å². The molecule has 0 saturated heterocycles. The number of aromatic hydroxyl groups is 2. The van der Waals surface area contributed by atoms with Crippen molar-refractivity contribution in [2.75, 3.05) is 0 Å². The van der Waals surface area contributed by atoms with Crippen LogP contribution in [0.1, 0.15) is 0 Å². The van der Waals surface area contributed by atoms with Crippen molar-refractivity contribution < 1.29 is 62.1 Å². The van der Waals surface area contributed by atoms with E-state index in [1.54, 1.807) is 0 Å². The lowest BCUT2D eigenvalue weighted by atomic mass is 10.0. The minimum Gasteiger partial charge on any atom is -0.505 e. The summed E-state index contributed by atoms with van der Waals surface area (Å²) in [5.41, 5.74) is 8.82. The van der Waals surface area contributed by atoms with E-state index in [2.05, 4.69) is 0 Å². The Kier molecular flexibility index (Phi) is 6.68. The number of nitrogens with zero attached hydrogens (tertiary/aromatic N) is 2. The molecule has 0 unspecified atom stereocenters. The van der Waals surface area contributed by atoms with Gasteiger partial charge in [0.25, 0.3) is 20.2 Å². The maximum absolute atomic E-state index is 12.4. The number of rotatable bonds is 6. The Morgan fingerprint density at radius 2 is 0.725 bits per heavy atom. The van der Waals surface area contributed by atoms with Crippen LogP contribution >= 0.6 is 0 Å². The quantitative estimate of drug-likeness (QED) is 0.101. The van der Waals surface area contributed by atoms with Gasteiger partial charge >= 0.3 is 20.2 Å². The van der Waals surface area contributed by atoms with E-state index in [1.165, 1.54) is 0 Å². The lowest BCUT2D eigenvalue weighted by Crippen LogP contribution is -2.14. The number of hydrogen-bond acceptors (Lipinski definition) is 10. The number of phenolic OH excluding ortho intramolecular Hbond substituents is 2. The molecule has 20 heteroatoms. The molecule has 0 aliphatic rings. The smallest absolute Gasteiger partial charge is 0.304 e. The lowest BCUT2D eigenvalue weighted by molar-refractivity contribution is 0.423. The van der Waals surface area contributed by atoms with Gasteiger partial charge in [-0.1, -0.05) is 36.4 Å². The minimum atomic E-state index is -5.77. The van der Waals surface area contributed by atoms with Crippen LogP contribution in [-0.4, -0.2) is 62.1 Å². The van der Waals surface area contributed by atoms with Crippen molar-refractivity contribution in [3.05, 3.63) is 54.1 Å². The van der Waals surface area contributed by atoms with Gasteiger partial charge in [-0.15, -0.1) is 0 Å². The predicted octanol–water partition coefficient (Wildman–Crippen LogP) is 2.25. The zero-order valence-electron chi connectivity index (χ0n) is 19.1. The average molecular weight is 635 g/mol. The fourth-order valence-electron chi connectivity index (χ4n) is 4.25. The SMILES string of the molecule is [N-]=[N+](c1c(S(=O)(=O)O)c(O)c(S(=O)(=O)O)c2ccccc12)c1c(S(=O)(=O)O)c(O)c(S(=O)(=O)O)c2ccccc12. The molecular formula is C20H14N2O14S4. The van der Waals surface area contributed by atoms with Gasteiger partial charge in [0, 0.05) is 10.8 Å². The summed E-state index contributed by atoms with van der Waals surface area (Å²) in [6.07, 6.45) is 0. The fourth-order valence-corrected chi connectivity index (χ4v) is 7.56.